The lowest BCUT2D eigenvalue weighted by Gasteiger charge is -2.32. The highest BCUT2D eigenvalue weighted by Crippen LogP contribution is 2.38. The van der Waals surface area contributed by atoms with Crippen LogP contribution in [-0.2, 0) is 39.5 Å². The molecule has 0 radical (unpaired) electrons. The molecule has 0 saturated carbocycles. The van der Waals surface area contributed by atoms with Crippen molar-refractivity contribution >= 4 is 25.0 Å². The highest BCUT2D eigenvalue weighted by Gasteiger charge is 2.54. The van der Waals surface area contributed by atoms with E-state index < -0.39 is 42.3 Å². The van der Waals surface area contributed by atoms with E-state index in [1.165, 1.54) is 5.56 Å². The molecule has 2 N–H and O–H groups in total. The number of morpholine rings is 1. The number of nitrogens with one attached hydrogen (secondary N) is 2. The lowest BCUT2D eigenvalue weighted by atomic mass is 9.75. The highest BCUT2D eigenvalue weighted by molar-refractivity contribution is 6.48. The molecule has 3 heterocycles. The van der Waals surface area contributed by atoms with Crippen molar-refractivity contribution in [3.05, 3.63) is 35.9 Å². The van der Waals surface area contributed by atoms with Gasteiger partial charge in [0.05, 0.1) is 50.0 Å². The summed E-state index contributed by atoms with van der Waals surface area (Å²) in [6, 6.07) is 8.98. The summed E-state index contributed by atoms with van der Waals surface area (Å²) in [6.45, 7) is 10.4. The first-order chi connectivity index (χ1) is 19.5. The third-order valence-corrected chi connectivity index (χ3v) is 8.26. The fourth-order valence-corrected chi connectivity index (χ4v) is 5.04. The van der Waals surface area contributed by atoms with E-state index in [9.17, 15) is 14.4 Å². The molecule has 12 heteroatoms. The van der Waals surface area contributed by atoms with Crippen LogP contribution in [-0.4, -0.2) is 98.7 Å². The van der Waals surface area contributed by atoms with Crippen LogP contribution < -0.4 is 10.6 Å². The minimum absolute atomic E-state index is 0.206. The topological polar surface area (TPSA) is 125 Å². The van der Waals surface area contributed by atoms with Crippen LogP contribution in [0.1, 0.15) is 58.9 Å². The SMILES string of the molecule is CC1(C)OB([C@H](CCCc2ccccc2)NC(=O)[C@@H](CC(=O)N2CCOCC2)NC(=O)O[C@@H]2CCOC2)OC1(C)C. The first-order valence-electron chi connectivity index (χ1n) is 14.6. The summed E-state index contributed by atoms with van der Waals surface area (Å²) < 4.78 is 28.7. The fourth-order valence-electron chi connectivity index (χ4n) is 5.04. The monoisotopic (exact) mass is 573 g/mol. The van der Waals surface area contributed by atoms with E-state index in [2.05, 4.69) is 22.8 Å². The van der Waals surface area contributed by atoms with E-state index in [1.807, 2.05) is 45.9 Å². The van der Waals surface area contributed by atoms with Gasteiger partial charge in [-0.05, 0) is 52.5 Å². The number of nitrogens with zero attached hydrogens (tertiary/aromatic N) is 1. The van der Waals surface area contributed by atoms with Crippen LogP contribution >= 0.6 is 0 Å². The second kappa shape index (κ2) is 14.0. The average molecular weight is 573 g/mol. The summed E-state index contributed by atoms with van der Waals surface area (Å²) in [5.74, 6) is -1.24. The van der Waals surface area contributed by atoms with Crippen LogP contribution in [0.3, 0.4) is 0 Å². The summed E-state index contributed by atoms with van der Waals surface area (Å²) in [7, 11) is -0.696. The molecule has 11 nitrogen and oxygen atoms in total. The largest absolute Gasteiger partial charge is 0.481 e. The van der Waals surface area contributed by atoms with Crippen molar-refractivity contribution in [2.75, 3.05) is 39.5 Å². The first kappa shape index (κ1) is 31.3. The van der Waals surface area contributed by atoms with E-state index in [4.69, 9.17) is 23.5 Å². The van der Waals surface area contributed by atoms with Gasteiger partial charge in [0.25, 0.3) is 0 Å². The number of hydrogen-bond donors (Lipinski definition) is 2. The highest BCUT2D eigenvalue weighted by atomic mass is 16.7. The van der Waals surface area contributed by atoms with Crippen molar-refractivity contribution in [2.24, 2.45) is 0 Å². The van der Waals surface area contributed by atoms with E-state index in [1.54, 1.807) is 4.90 Å². The molecule has 226 valence electrons. The number of carbonyl (C=O) groups is 3. The van der Waals surface area contributed by atoms with Crippen LogP contribution in [0, 0.1) is 0 Å². The normalized spacial score (nSPS) is 23.1. The average Bonchev–Trinajstić information content (AvgIpc) is 3.52. The van der Waals surface area contributed by atoms with E-state index in [-0.39, 0.29) is 18.4 Å². The molecular formula is C29H44BN3O8. The van der Waals surface area contributed by atoms with Gasteiger partial charge >= 0.3 is 13.2 Å². The minimum Gasteiger partial charge on any atom is -0.444 e. The van der Waals surface area contributed by atoms with Gasteiger partial charge in [-0.2, -0.15) is 0 Å². The number of rotatable bonds is 11. The molecule has 0 spiro atoms. The molecule has 0 bridgehead atoms. The van der Waals surface area contributed by atoms with Gasteiger partial charge in [-0.1, -0.05) is 30.3 Å². The molecule has 1 aromatic carbocycles. The van der Waals surface area contributed by atoms with Crippen LogP contribution in [0.15, 0.2) is 30.3 Å². The molecule has 3 aliphatic heterocycles. The number of aryl methyl sites for hydroxylation is 1. The zero-order valence-corrected chi connectivity index (χ0v) is 24.7. The van der Waals surface area contributed by atoms with Crippen LogP contribution in [0.25, 0.3) is 0 Å². The van der Waals surface area contributed by atoms with Crippen molar-refractivity contribution in [3.63, 3.8) is 0 Å². The third-order valence-electron chi connectivity index (χ3n) is 8.26. The molecule has 41 heavy (non-hydrogen) atoms. The van der Waals surface area contributed by atoms with Crippen LogP contribution in [0.4, 0.5) is 4.79 Å². The van der Waals surface area contributed by atoms with Crippen molar-refractivity contribution < 1.29 is 37.9 Å². The van der Waals surface area contributed by atoms with Crippen molar-refractivity contribution in [3.8, 4) is 0 Å². The van der Waals surface area contributed by atoms with Gasteiger partial charge in [-0.25, -0.2) is 4.79 Å². The minimum atomic E-state index is -1.14. The molecular weight excluding hydrogens is 529 g/mol. The van der Waals surface area contributed by atoms with E-state index in [0.29, 0.717) is 52.4 Å². The van der Waals surface area contributed by atoms with Gasteiger partial charge in [-0.15, -0.1) is 0 Å². The Morgan fingerprint density at radius 1 is 1.00 bits per heavy atom. The van der Waals surface area contributed by atoms with Gasteiger partial charge in [0, 0.05) is 19.5 Å². The Labute approximate surface area is 243 Å². The molecule has 3 aliphatic rings. The molecule has 3 saturated heterocycles. The Balaban J connectivity index is 1.46. The quantitative estimate of drug-likeness (QED) is 0.387. The number of benzene rings is 1. The zero-order chi connectivity index (χ0) is 29.5. The summed E-state index contributed by atoms with van der Waals surface area (Å²) in [5, 5.41) is 5.68. The molecule has 3 amide bonds. The molecule has 1 aromatic rings. The molecule has 0 unspecified atom stereocenters. The van der Waals surface area contributed by atoms with Gasteiger partial charge < -0.3 is 39.1 Å². The maximum atomic E-state index is 13.7. The molecule has 0 aromatic heterocycles. The Kier molecular flexibility index (Phi) is 10.7. The summed E-state index contributed by atoms with van der Waals surface area (Å²) in [6.07, 6.45) is 1.40. The maximum absolute atomic E-state index is 13.7. The third kappa shape index (κ3) is 8.67. The second-order valence-electron chi connectivity index (χ2n) is 11.9. The summed E-state index contributed by atoms with van der Waals surface area (Å²) >= 11 is 0. The summed E-state index contributed by atoms with van der Waals surface area (Å²) in [4.78, 5) is 41.2. The Hall–Kier alpha value is -2.67. The number of alkyl carbamates (subject to hydrolysis) is 1. The van der Waals surface area contributed by atoms with E-state index >= 15 is 0 Å². The molecule has 0 aliphatic carbocycles. The van der Waals surface area contributed by atoms with Gasteiger partial charge in [0.15, 0.2) is 0 Å². The smallest absolute Gasteiger partial charge is 0.444 e. The van der Waals surface area contributed by atoms with Crippen molar-refractivity contribution in [1.29, 1.82) is 0 Å². The molecule has 3 atom stereocenters. The predicted molar refractivity (Wildman–Crippen MR) is 152 cm³/mol. The van der Waals surface area contributed by atoms with Gasteiger partial charge in [-0.3, -0.25) is 9.59 Å². The Morgan fingerprint density at radius 2 is 1.68 bits per heavy atom. The van der Waals surface area contributed by atoms with E-state index in [0.717, 1.165) is 12.8 Å². The fraction of sp³-hybridized carbons (Fsp3) is 0.690. The summed E-state index contributed by atoms with van der Waals surface area (Å²) in [5.41, 5.74) is 0.0229. The standard InChI is InChI=1S/C29H44BN3O8/c1-28(2)29(3,4)41-30(40-28)24(12-8-11-21-9-6-5-7-10-21)32-26(35)23(19-25(34)33-14-17-37-18-15-33)31-27(36)39-22-13-16-38-20-22/h5-7,9-10,22-24H,8,11-20H2,1-4H3,(H,31,36)(H,32,35)/t22-,23-,24+/m1/s1. The lowest BCUT2D eigenvalue weighted by molar-refractivity contribution is -0.138. The number of ether oxygens (including phenoxy) is 3. The van der Waals surface area contributed by atoms with Crippen molar-refractivity contribution in [1.82, 2.24) is 15.5 Å². The molecule has 3 fully saturated rings. The Morgan fingerprint density at radius 3 is 2.32 bits per heavy atom. The van der Waals surface area contributed by atoms with Crippen molar-refractivity contribution in [2.45, 2.75) is 89.1 Å². The molecule has 4 rings (SSSR count). The van der Waals surface area contributed by atoms with Crippen LogP contribution in [0.2, 0.25) is 0 Å². The maximum Gasteiger partial charge on any atom is 0.481 e. The van der Waals surface area contributed by atoms with Crippen LogP contribution in [0.5, 0.6) is 0 Å². The first-order valence-corrected chi connectivity index (χ1v) is 14.6. The lowest BCUT2D eigenvalue weighted by Crippen LogP contribution is -2.56. The Bertz CT molecular complexity index is 1010. The van der Waals surface area contributed by atoms with Gasteiger partial charge in [0.1, 0.15) is 12.1 Å². The zero-order valence-electron chi connectivity index (χ0n) is 24.7. The predicted octanol–water partition coefficient (Wildman–Crippen LogP) is 2.26. The van der Waals surface area contributed by atoms with Gasteiger partial charge in [0.2, 0.25) is 11.8 Å². The second-order valence-corrected chi connectivity index (χ2v) is 11.9. The number of carbonyl (C=O) groups excluding carboxylic acids is 3. The number of hydrogen-bond acceptors (Lipinski definition) is 8. The number of amides is 3.